The highest BCUT2D eigenvalue weighted by atomic mass is 19.4. The number of nitrogens with two attached hydrogens (primary N) is 1. The highest BCUT2D eigenvalue weighted by molar-refractivity contribution is 5.76. The SMILES string of the molecule is CC(C)CC(NC(=O)CCCN)c1cccc(C(F)(F)F)c1. The maximum absolute atomic E-state index is 12.8. The quantitative estimate of drug-likeness (QED) is 0.807. The van der Waals surface area contributed by atoms with Crippen molar-refractivity contribution < 1.29 is 18.0 Å². The van der Waals surface area contributed by atoms with Crippen molar-refractivity contribution in [2.24, 2.45) is 11.7 Å². The van der Waals surface area contributed by atoms with Crippen LogP contribution in [0.4, 0.5) is 13.2 Å². The molecule has 1 aromatic rings. The molecule has 0 saturated heterocycles. The van der Waals surface area contributed by atoms with Crippen LogP contribution in [-0.4, -0.2) is 12.5 Å². The van der Waals surface area contributed by atoms with E-state index in [9.17, 15) is 18.0 Å². The number of amides is 1. The van der Waals surface area contributed by atoms with Gasteiger partial charge in [-0.15, -0.1) is 0 Å². The van der Waals surface area contributed by atoms with Crippen molar-refractivity contribution in [1.82, 2.24) is 5.32 Å². The fraction of sp³-hybridized carbons (Fsp3) is 0.562. The number of alkyl halides is 3. The van der Waals surface area contributed by atoms with E-state index < -0.39 is 17.8 Å². The second-order valence-corrected chi connectivity index (χ2v) is 5.77. The standard InChI is InChI=1S/C16H23F3N2O/c1-11(2)9-14(21-15(22)7-4-8-20)12-5-3-6-13(10-12)16(17,18)19/h3,5-6,10-11,14H,4,7-9,20H2,1-2H3,(H,21,22). The monoisotopic (exact) mass is 316 g/mol. The number of rotatable bonds is 7. The van der Waals surface area contributed by atoms with E-state index in [-0.39, 0.29) is 18.2 Å². The zero-order valence-electron chi connectivity index (χ0n) is 12.9. The molecule has 1 unspecified atom stereocenters. The zero-order chi connectivity index (χ0) is 16.8. The molecule has 0 aromatic heterocycles. The fourth-order valence-corrected chi connectivity index (χ4v) is 2.21. The highest BCUT2D eigenvalue weighted by Crippen LogP contribution is 2.32. The number of hydrogen-bond acceptors (Lipinski definition) is 2. The topological polar surface area (TPSA) is 55.1 Å². The second-order valence-electron chi connectivity index (χ2n) is 5.77. The predicted octanol–water partition coefficient (Wildman–Crippen LogP) is 3.65. The molecule has 1 amide bonds. The molecule has 0 bridgehead atoms. The molecule has 3 nitrogen and oxygen atoms in total. The molecular weight excluding hydrogens is 293 g/mol. The van der Waals surface area contributed by atoms with Crippen molar-refractivity contribution in [2.45, 2.75) is 45.3 Å². The molecule has 3 N–H and O–H groups in total. The van der Waals surface area contributed by atoms with Crippen LogP contribution in [0.15, 0.2) is 24.3 Å². The van der Waals surface area contributed by atoms with E-state index in [1.807, 2.05) is 13.8 Å². The number of halogens is 3. The Balaban J connectivity index is 2.94. The maximum atomic E-state index is 12.8. The van der Waals surface area contributed by atoms with Gasteiger partial charge < -0.3 is 11.1 Å². The molecule has 1 rings (SSSR count). The molecule has 0 spiro atoms. The van der Waals surface area contributed by atoms with Crippen LogP contribution >= 0.6 is 0 Å². The van der Waals surface area contributed by atoms with Crippen molar-refractivity contribution >= 4 is 5.91 Å². The molecule has 6 heteroatoms. The number of benzene rings is 1. The molecular formula is C16H23F3N2O. The molecule has 0 aliphatic carbocycles. The Kier molecular flexibility index (Phi) is 6.87. The number of hydrogen-bond donors (Lipinski definition) is 2. The van der Waals surface area contributed by atoms with E-state index in [2.05, 4.69) is 5.32 Å². The second kappa shape index (κ2) is 8.17. The largest absolute Gasteiger partial charge is 0.416 e. The van der Waals surface area contributed by atoms with Gasteiger partial charge >= 0.3 is 6.18 Å². The van der Waals surface area contributed by atoms with Crippen LogP contribution in [0.2, 0.25) is 0 Å². The first kappa shape index (κ1) is 18.5. The van der Waals surface area contributed by atoms with Gasteiger partial charge in [-0.2, -0.15) is 13.2 Å². The Morgan fingerprint density at radius 3 is 2.55 bits per heavy atom. The third-order valence-corrected chi connectivity index (χ3v) is 3.27. The smallest absolute Gasteiger partial charge is 0.349 e. The lowest BCUT2D eigenvalue weighted by Crippen LogP contribution is -2.30. The van der Waals surface area contributed by atoms with Gasteiger partial charge in [-0.25, -0.2) is 0 Å². The van der Waals surface area contributed by atoms with Crippen molar-refractivity contribution in [3.05, 3.63) is 35.4 Å². The third kappa shape index (κ3) is 6.05. The summed E-state index contributed by atoms with van der Waals surface area (Å²) < 4.78 is 38.5. The summed E-state index contributed by atoms with van der Waals surface area (Å²) in [5, 5.41) is 2.82. The molecule has 22 heavy (non-hydrogen) atoms. The van der Waals surface area contributed by atoms with Crippen LogP contribution in [0.5, 0.6) is 0 Å². The van der Waals surface area contributed by atoms with E-state index >= 15 is 0 Å². The minimum Gasteiger partial charge on any atom is -0.349 e. The van der Waals surface area contributed by atoms with Gasteiger partial charge in [0.25, 0.3) is 0 Å². The van der Waals surface area contributed by atoms with Gasteiger partial charge in [0.2, 0.25) is 5.91 Å². The van der Waals surface area contributed by atoms with E-state index in [0.29, 0.717) is 24.9 Å². The summed E-state index contributed by atoms with van der Waals surface area (Å²) in [4.78, 5) is 11.9. The minimum atomic E-state index is -4.39. The lowest BCUT2D eigenvalue weighted by atomic mass is 9.95. The molecule has 0 heterocycles. The normalized spacial score (nSPS) is 13.2. The zero-order valence-corrected chi connectivity index (χ0v) is 12.9. The van der Waals surface area contributed by atoms with E-state index in [1.165, 1.54) is 6.07 Å². The Morgan fingerprint density at radius 2 is 2.00 bits per heavy atom. The summed E-state index contributed by atoms with van der Waals surface area (Å²) in [7, 11) is 0. The molecule has 0 radical (unpaired) electrons. The van der Waals surface area contributed by atoms with Crippen molar-refractivity contribution in [1.29, 1.82) is 0 Å². The Labute approximate surface area is 129 Å². The van der Waals surface area contributed by atoms with Crippen LogP contribution in [0.3, 0.4) is 0 Å². The molecule has 0 saturated carbocycles. The van der Waals surface area contributed by atoms with Crippen molar-refractivity contribution in [2.75, 3.05) is 6.54 Å². The van der Waals surface area contributed by atoms with E-state index in [0.717, 1.165) is 12.1 Å². The lowest BCUT2D eigenvalue weighted by Gasteiger charge is -2.22. The Hall–Kier alpha value is -1.56. The summed E-state index contributed by atoms with van der Waals surface area (Å²) in [5.74, 6) is 0.0582. The molecule has 1 atom stereocenters. The Bertz CT molecular complexity index is 487. The number of nitrogens with one attached hydrogen (secondary N) is 1. The number of carbonyl (C=O) groups excluding carboxylic acids is 1. The lowest BCUT2D eigenvalue weighted by molar-refractivity contribution is -0.137. The summed E-state index contributed by atoms with van der Waals surface area (Å²) in [6.07, 6.45) is -2.97. The molecule has 0 aliphatic heterocycles. The highest BCUT2D eigenvalue weighted by Gasteiger charge is 2.31. The molecule has 1 aromatic carbocycles. The van der Waals surface area contributed by atoms with Gasteiger partial charge in [0.15, 0.2) is 0 Å². The van der Waals surface area contributed by atoms with Gasteiger partial charge in [0, 0.05) is 6.42 Å². The van der Waals surface area contributed by atoms with E-state index in [1.54, 1.807) is 6.07 Å². The van der Waals surface area contributed by atoms with Crippen LogP contribution in [-0.2, 0) is 11.0 Å². The summed E-state index contributed by atoms with van der Waals surface area (Å²) in [5.41, 5.74) is 5.14. The van der Waals surface area contributed by atoms with Crippen molar-refractivity contribution in [3.8, 4) is 0 Å². The predicted molar refractivity (Wildman–Crippen MR) is 80.1 cm³/mol. The van der Waals surface area contributed by atoms with Crippen molar-refractivity contribution in [3.63, 3.8) is 0 Å². The summed E-state index contributed by atoms with van der Waals surface area (Å²) >= 11 is 0. The van der Waals surface area contributed by atoms with Gasteiger partial charge in [-0.3, -0.25) is 4.79 Å². The fourth-order valence-electron chi connectivity index (χ4n) is 2.21. The molecule has 124 valence electrons. The maximum Gasteiger partial charge on any atom is 0.416 e. The van der Waals surface area contributed by atoms with Gasteiger partial charge in [-0.1, -0.05) is 26.0 Å². The first-order valence-corrected chi connectivity index (χ1v) is 7.40. The summed E-state index contributed by atoms with van der Waals surface area (Å²) in [6, 6.07) is 4.71. The first-order valence-electron chi connectivity index (χ1n) is 7.40. The van der Waals surface area contributed by atoms with Gasteiger partial charge in [0.05, 0.1) is 11.6 Å². The van der Waals surface area contributed by atoms with Gasteiger partial charge in [-0.05, 0) is 43.0 Å². The van der Waals surface area contributed by atoms with Crippen LogP contribution in [0.1, 0.15) is 50.3 Å². The Morgan fingerprint density at radius 1 is 1.32 bits per heavy atom. The average Bonchev–Trinajstić information content (AvgIpc) is 2.43. The van der Waals surface area contributed by atoms with Crippen LogP contribution < -0.4 is 11.1 Å². The number of carbonyl (C=O) groups is 1. The third-order valence-electron chi connectivity index (χ3n) is 3.27. The first-order chi connectivity index (χ1) is 10.2. The average molecular weight is 316 g/mol. The molecule has 0 fully saturated rings. The summed E-state index contributed by atoms with van der Waals surface area (Å²) in [6.45, 7) is 4.34. The van der Waals surface area contributed by atoms with Gasteiger partial charge in [0.1, 0.15) is 0 Å². The van der Waals surface area contributed by atoms with Crippen LogP contribution in [0.25, 0.3) is 0 Å². The minimum absolute atomic E-state index is 0.187. The van der Waals surface area contributed by atoms with Crippen LogP contribution in [0, 0.1) is 5.92 Å². The molecule has 0 aliphatic rings. The van der Waals surface area contributed by atoms with E-state index in [4.69, 9.17) is 5.73 Å².